The number of benzene rings is 3. The third kappa shape index (κ3) is 5.38. The topological polar surface area (TPSA) is 80.9 Å². The van der Waals surface area contributed by atoms with E-state index < -0.39 is 17.6 Å². The highest BCUT2D eigenvalue weighted by atomic mass is 16.4. The summed E-state index contributed by atoms with van der Waals surface area (Å²) in [6, 6.07) is 30.0. The highest BCUT2D eigenvalue weighted by Crippen LogP contribution is 2.48. The Morgan fingerprint density at radius 1 is 0.805 bits per heavy atom. The zero-order valence-corrected chi connectivity index (χ0v) is 24.0. The molecule has 0 aromatic heterocycles. The Labute approximate surface area is 242 Å². The standard InChI is InChI=1S/C34H39N3O4/c1-24(2)30(33(40)41)35(3)31(38)25-19-21-36(22-20-25)32(39)29-23-37(29)34(26-13-7-4-8-14-26,27-15-9-5-10-16-27)28-17-11-6-12-18-28/h4-18,24-25,29-30H,19-23H2,1-3H3,(H,40,41)/t29?,30-,37?/m0/s1. The smallest absolute Gasteiger partial charge is 0.326 e. The lowest BCUT2D eigenvalue weighted by Crippen LogP contribution is -2.51. The number of carboxylic acids is 1. The van der Waals surface area contributed by atoms with Gasteiger partial charge in [-0.25, -0.2) is 4.79 Å². The number of nitrogens with zero attached hydrogens (tertiary/aromatic N) is 3. The van der Waals surface area contributed by atoms with Crippen LogP contribution < -0.4 is 0 Å². The fourth-order valence-corrected chi connectivity index (χ4v) is 6.64. The number of hydrogen-bond acceptors (Lipinski definition) is 4. The van der Waals surface area contributed by atoms with E-state index >= 15 is 0 Å². The Morgan fingerprint density at radius 3 is 1.63 bits per heavy atom. The van der Waals surface area contributed by atoms with Crippen molar-refractivity contribution < 1.29 is 19.5 Å². The maximum absolute atomic E-state index is 13.9. The SMILES string of the molecule is CC(C)[C@@H](C(=O)O)N(C)C(=O)C1CCN(C(=O)C2CN2C(c2ccccc2)(c2ccccc2)c2ccccc2)CC1. The monoisotopic (exact) mass is 553 g/mol. The first kappa shape index (κ1) is 28.6. The molecule has 0 saturated carbocycles. The molecule has 3 atom stereocenters. The number of aliphatic carboxylic acids is 1. The van der Waals surface area contributed by atoms with Crippen molar-refractivity contribution in [2.24, 2.45) is 11.8 Å². The zero-order chi connectivity index (χ0) is 29.1. The molecule has 0 spiro atoms. The van der Waals surface area contributed by atoms with Gasteiger partial charge < -0.3 is 14.9 Å². The number of likely N-dealkylation sites (tertiary alicyclic amines) is 1. The molecule has 7 nitrogen and oxygen atoms in total. The van der Waals surface area contributed by atoms with E-state index in [0.29, 0.717) is 32.5 Å². The number of carboxylic acid groups (broad SMARTS) is 1. The van der Waals surface area contributed by atoms with Gasteiger partial charge in [0.2, 0.25) is 11.8 Å². The third-order valence-corrected chi connectivity index (χ3v) is 8.71. The van der Waals surface area contributed by atoms with Crippen molar-refractivity contribution in [3.63, 3.8) is 0 Å². The van der Waals surface area contributed by atoms with Crippen molar-refractivity contribution in [1.29, 1.82) is 0 Å². The Kier molecular flexibility index (Phi) is 8.27. The van der Waals surface area contributed by atoms with E-state index in [1.165, 1.54) is 4.90 Å². The average Bonchev–Trinajstić information content (AvgIpc) is 3.79. The highest BCUT2D eigenvalue weighted by Gasteiger charge is 2.57. The molecule has 2 unspecified atom stereocenters. The van der Waals surface area contributed by atoms with Crippen LogP contribution in [-0.2, 0) is 19.9 Å². The van der Waals surface area contributed by atoms with Crippen molar-refractivity contribution in [2.45, 2.75) is 44.3 Å². The van der Waals surface area contributed by atoms with Crippen LogP contribution in [0, 0.1) is 11.8 Å². The van der Waals surface area contributed by atoms with Crippen molar-refractivity contribution >= 4 is 17.8 Å². The maximum Gasteiger partial charge on any atom is 0.326 e. The number of carbonyl (C=O) groups is 3. The van der Waals surface area contributed by atoms with Gasteiger partial charge >= 0.3 is 5.97 Å². The average molecular weight is 554 g/mol. The Hall–Kier alpha value is -3.97. The predicted octanol–water partition coefficient (Wildman–Crippen LogP) is 4.47. The van der Waals surface area contributed by atoms with Gasteiger partial charge in [-0.15, -0.1) is 0 Å². The van der Waals surface area contributed by atoms with Gasteiger partial charge in [-0.2, -0.15) is 0 Å². The predicted molar refractivity (Wildman–Crippen MR) is 158 cm³/mol. The highest BCUT2D eigenvalue weighted by molar-refractivity contribution is 5.87. The van der Waals surface area contributed by atoms with Gasteiger partial charge in [0.1, 0.15) is 12.1 Å². The van der Waals surface area contributed by atoms with Gasteiger partial charge in [-0.05, 0) is 35.4 Å². The van der Waals surface area contributed by atoms with Gasteiger partial charge in [0.05, 0.1) is 5.54 Å². The first-order valence-electron chi connectivity index (χ1n) is 14.5. The quantitative estimate of drug-likeness (QED) is 0.313. The lowest BCUT2D eigenvalue weighted by Gasteiger charge is -2.39. The van der Waals surface area contributed by atoms with Crippen LogP contribution >= 0.6 is 0 Å². The van der Waals surface area contributed by atoms with Crippen LogP contribution in [0.2, 0.25) is 0 Å². The first-order valence-corrected chi connectivity index (χ1v) is 14.5. The molecular weight excluding hydrogens is 514 g/mol. The molecule has 5 rings (SSSR count). The lowest BCUT2D eigenvalue weighted by atomic mass is 9.76. The molecule has 3 aromatic carbocycles. The summed E-state index contributed by atoms with van der Waals surface area (Å²) in [4.78, 5) is 44.4. The van der Waals surface area contributed by atoms with E-state index in [2.05, 4.69) is 41.3 Å². The summed E-state index contributed by atoms with van der Waals surface area (Å²) in [7, 11) is 1.58. The summed E-state index contributed by atoms with van der Waals surface area (Å²) < 4.78 is 0. The molecule has 2 aliphatic heterocycles. The molecule has 2 aliphatic rings. The largest absolute Gasteiger partial charge is 0.480 e. The van der Waals surface area contributed by atoms with E-state index in [1.807, 2.05) is 73.3 Å². The Bertz CT molecular complexity index is 1260. The minimum absolute atomic E-state index is 0.0852. The second kappa shape index (κ2) is 11.9. The number of carbonyl (C=O) groups excluding carboxylic acids is 2. The van der Waals surface area contributed by atoms with Gasteiger partial charge in [0, 0.05) is 32.6 Å². The summed E-state index contributed by atoms with van der Waals surface area (Å²) >= 11 is 0. The zero-order valence-electron chi connectivity index (χ0n) is 24.0. The fourth-order valence-electron chi connectivity index (χ4n) is 6.64. The number of hydrogen-bond donors (Lipinski definition) is 1. The molecular formula is C34H39N3O4. The molecule has 1 N–H and O–H groups in total. The fraction of sp³-hybridized carbons (Fsp3) is 0.382. The first-order chi connectivity index (χ1) is 19.8. The van der Waals surface area contributed by atoms with Crippen molar-refractivity contribution in [1.82, 2.24) is 14.7 Å². The van der Waals surface area contributed by atoms with E-state index in [-0.39, 0.29) is 29.7 Å². The molecule has 2 fully saturated rings. The molecule has 3 aromatic rings. The molecule has 214 valence electrons. The van der Waals surface area contributed by atoms with Crippen LogP contribution in [0.25, 0.3) is 0 Å². The van der Waals surface area contributed by atoms with E-state index in [9.17, 15) is 19.5 Å². The van der Waals surface area contributed by atoms with Crippen LogP contribution in [0.15, 0.2) is 91.0 Å². The second-order valence-electron chi connectivity index (χ2n) is 11.6. The minimum atomic E-state index is -0.990. The normalized spacial score (nSPS) is 20.0. The van der Waals surface area contributed by atoms with Crippen LogP contribution in [0.5, 0.6) is 0 Å². The number of amides is 2. The van der Waals surface area contributed by atoms with Crippen LogP contribution in [-0.4, -0.2) is 76.4 Å². The molecule has 2 heterocycles. The summed E-state index contributed by atoms with van der Waals surface area (Å²) in [5, 5.41) is 9.63. The Balaban J connectivity index is 1.36. The van der Waals surface area contributed by atoms with Gasteiger partial charge in [0.25, 0.3) is 0 Å². The van der Waals surface area contributed by atoms with Crippen molar-refractivity contribution in [3.8, 4) is 0 Å². The van der Waals surface area contributed by atoms with E-state index in [4.69, 9.17) is 0 Å². The molecule has 0 bridgehead atoms. The third-order valence-electron chi connectivity index (χ3n) is 8.71. The van der Waals surface area contributed by atoms with Crippen molar-refractivity contribution in [2.75, 3.05) is 26.7 Å². The number of piperidine rings is 1. The Morgan fingerprint density at radius 2 is 1.24 bits per heavy atom. The molecule has 0 radical (unpaired) electrons. The maximum atomic E-state index is 13.9. The van der Waals surface area contributed by atoms with Gasteiger partial charge in [-0.3, -0.25) is 14.5 Å². The summed E-state index contributed by atoms with van der Waals surface area (Å²) in [5.74, 6) is -1.53. The lowest BCUT2D eigenvalue weighted by molar-refractivity contribution is -0.153. The van der Waals surface area contributed by atoms with E-state index in [0.717, 1.165) is 16.7 Å². The van der Waals surface area contributed by atoms with Crippen LogP contribution in [0.3, 0.4) is 0 Å². The minimum Gasteiger partial charge on any atom is -0.480 e. The molecule has 2 amide bonds. The van der Waals surface area contributed by atoms with Crippen LogP contribution in [0.1, 0.15) is 43.4 Å². The van der Waals surface area contributed by atoms with E-state index in [1.54, 1.807) is 7.05 Å². The summed E-state index contributed by atoms with van der Waals surface area (Å²) in [6.45, 7) is 5.23. The molecule has 2 saturated heterocycles. The number of likely N-dealkylation sites (N-methyl/N-ethyl adjacent to an activating group) is 1. The number of rotatable bonds is 9. The van der Waals surface area contributed by atoms with Gasteiger partial charge in [0.15, 0.2) is 0 Å². The molecule has 0 aliphatic carbocycles. The van der Waals surface area contributed by atoms with Gasteiger partial charge in [-0.1, -0.05) is 105 Å². The molecule has 41 heavy (non-hydrogen) atoms. The summed E-state index contributed by atoms with van der Waals surface area (Å²) in [6.07, 6.45) is 1.07. The second-order valence-corrected chi connectivity index (χ2v) is 11.6. The summed E-state index contributed by atoms with van der Waals surface area (Å²) in [5.41, 5.74) is 2.71. The van der Waals surface area contributed by atoms with Crippen molar-refractivity contribution in [3.05, 3.63) is 108 Å². The van der Waals surface area contributed by atoms with Crippen LogP contribution in [0.4, 0.5) is 0 Å². The molecule has 7 heteroatoms.